The molecule has 1 aromatic heterocycles. The summed E-state index contributed by atoms with van der Waals surface area (Å²) in [6.45, 7) is 2.34. The summed E-state index contributed by atoms with van der Waals surface area (Å²) < 4.78 is 0. The normalized spacial score (nSPS) is 11.8. The van der Waals surface area contributed by atoms with E-state index in [2.05, 4.69) is 15.6 Å². The van der Waals surface area contributed by atoms with Crippen molar-refractivity contribution in [1.82, 2.24) is 10.3 Å². The molecular weight excluding hydrogens is 314 g/mol. The molecule has 0 aliphatic rings. The number of carbonyl (C=O) groups excluding carboxylic acids is 1. The number of rotatable bonds is 6. The quantitative estimate of drug-likeness (QED) is 0.710. The number of nitrogens with one attached hydrogen (secondary N) is 2. The Balaban J connectivity index is 1.92. The Morgan fingerprint density at radius 1 is 1.35 bits per heavy atom. The van der Waals surface area contributed by atoms with Gasteiger partial charge in [0.2, 0.25) is 0 Å². The second-order valence-electron chi connectivity index (χ2n) is 5.29. The van der Waals surface area contributed by atoms with Crippen LogP contribution in [-0.4, -0.2) is 29.3 Å². The summed E-state index contributed by atoms with van der Waals surface area (Å²) in [6.07, 6.45) is 2.10. The lowest BCUT2D eigenvalue weighted by molar-refractivity contribution is 0.248. The molecule has 0 saturated carbocycles. The number of benzene rings is 1. The molecule has 2 amide bonds. The van der Waals surface area contributed by atoms with Crippen LogP contribution in [-0.2, 0) is 0 Å². The summed E-state index contributed by atoms with van der Waals surface area (Å²) in [7, 11) is 0. The molecule has 5 nitrogen and oxygen atoms in total. The number of urea groups is 1. The van der Waals surface area contributed by atoms with E-state index in [1.807, 2.05) is 37.3 Å². The Morgan fingerprint density at radius 2 is 2.09 bits per heavy atom. The van der Waals surface area contributed by atoms with Gasteiger partial charge in [0.1, 0.15) is 5.15 Å². The maximum Gasteiger partial charge on any atom is 0.319 e. The second kappa shape index (κ2) is 8.50. The first-order valence-corrected chi connectivity index (χ1v) is 7.80. The highest BCUT2D eigenvalue weighted by Crippen LogP contribution is 2.19. The molecule has 1 unspecified atom stereocenters. The van der Waals surface area contributed by atoms with Crippen molar-refractivity contribution < 1.29 is 9.90 Å². The maximum atomic E-state index is 12.0. The Kier molecular flexibility index (Phi) is 6.38. The van der Waals surface area contributed by atoms with Crippen LogP contribution in [0.25, 0.3) is 0 Å². The van der Waals surface area contributed by atoms with Gasteiger partial charge in [0.25, 0.3) is 0 Å². The molecule has 0 radical (unpaired) electrons. The number of aliphatic hydroxyl groups excluding tert-OH is 1. The molecule has 23 heavy (non-hydrogen) atoms. The van der Waals surface area contributed by atoms with Crippen LogP contribution in [0.15, 0.2) is 42.6 Å². The van der Waals surface area contributed by atoms with E-state index in [9.17, 15) is 9.90 Å². The zero-order chi connectivity index (χ0) is 16.7. The molecule has 2 rings (SSSR count). The standard InChI is InChI=1S/C17H20ClN3O2/c1-12-9-15(11-19-16(12)18)21-17(23)20-10-14(7-8-22)13-5-3-2-4-6-13/h2-6,9,11,14,22H,7-8,10H2,1H3,(H2,20,21,23). The first-order chi connectivity index (χ1) is 11.1. The number of aromatic nitrogens is 1. The van der Waals surface area contributed by atoms with Crippen LogP contribution in [0.1, 0.15) is 23.5 Å². The highest BCUT2D eigenvalue weighted by atomic mass is 35.5. The minimum absolute atomic E-state index is 0.0667. The molecule has 0 aliphatic heterocycles. The van der Waals surface area contributed by atoms with Crippen molar-refractivity contribution in [2.75, 3.05) is 18.5 Å². The Morgan fingerprint density at radius 3 is 2.74 bits per heavy atom. The van der Waals surface area contributed by atoms with Gasteiger partial charge >= 0.3 is 6.03 Å². The molecule has 1 heterocycles. The highest BCUT2D eigenvalue weighted by Gasteiger charge is 2.12. The summed E-state index contributed by atoms with van der Waals surface area (Å²) in [6, 6.07) is 11.3. The van der Waals surface area contributed by atoms with E-state index in [1.54, 1.807) is 6.07 Å². The SMILES string of the molecule is Cc1cc(NC(=O)NCC(CCO)c2ccccc2)cnc1Cl. The first kappa shape index (κ1) is 17.2. The number of hydrogen-bond donors (Lipinski definition) is 3. The number of carbonyl (C=O) groups is 1. The Hall–Kier alpha value is -2.11. The van der Waals surface area contributed by atoms with Crippen LogP contribution in [0.3, 0.4) is 0 Å². The van der Waals surface area contributed by atoms with Gasteiger partial charge in [-0.2, -0.15) is 0 Å². The summed E-state index contributed by atoms with van der Waals surface area (Å²) >= 11 is 5.86. The van der Waals surface area contributed by atoms with Gasteiger partial charge in [-0.05, 0) is 30.5 Å². The van der Waals surface area contributed by atoms with E-state index in [0.29, 0.717) is 23.8 Å². The molecule has 0 spiro atoms. The fourth-order valence-electron chi connectivity index (χ4n) is 2.29. The van der Waals surface area contributed by atoms with Crippen LogP contribution in [0.4, 0.5) is 10.5 Å². The minimum atomic E-state index is -0.313. The van der Waals surface area contributed by atoms with Crippen LogP contribution in [0.2, 0.25) is 5.15 Å². The Labute approximate surface area is 140 Å². The topological polar surface area (TPSA) is 74.2 Å². The van der Waals surface area contributed by atoms with E-state index in [-0.39, 0.29) is 18.6 Å². The fraction of sp³-hybridized carbons (Fsp3) is 0.294. The number of amides is 2. The Bertz CT molecular complexity index is 650. The van der Waals surface area contributed by atoms with Gasteiger partial charge in [-0.1, -0.05) is 41.9 Å². The molecule has 2 aromatic rings. The van der Waals surface area contributed by atoms with Crippen molar-refractivity contribution in [3.8, 4) is 0 Å². The predicted molar refractivity (Wildman–Crippen MR) is 91.9 cm³/mol. The fourth-order valence-corrected chi connectivity index (χ4v) is 2.39. The van der Waals surface area contributed by atoms with Crippen molar-refractivity contribution in [3.05, 3.63) is 58.9 Å². The average Bonchev–Trinajstić information content (AvgIpc) is 2.56. The molecule has 1 aromatic carbocycles. The van der Waals surface area contributed by atoms with Gasteiger partial charge in [0, 0.05) is 19.1 Å². The van der Waals surface area contributed by atoms with Gasteiger partial charge in [-0.3, -0.25) is 0 Å². The molecule has 0 aliphatic carbocycles. The van der Waals surface area contributed by atoms with Crippen LogP contribution in [0.5, 0.6) is 0 Å². The van der Waals surface area contributed by atoms with E-state index in [1.165, 1.54) is 6.20 Å². The molecule has 122 valence electrons. The third kappa shape index (κ3) is 5.23. The summed E-state index contributed by atoms with van der Waals surface area (Å²) in [5.74, 6) is 0.0667. The second-order valence-corrected chi connectivity index (χ2v) is 5.64. The van der Waals surface area contributed by atoms with E-state index in [4.69, 9.17) is 11.6 Å². The van der Waals surface area contributed by atoms with Gasteiger partial charge in [-0.15, -0.1) is 0 Å². The van der Waals surface area contributed by atoms with Crippen molar-refractivity contribution in [1.29, 1.82) is 0 Å². The van der Waals surface area contributed by atoms with Crippen molar-refractivity contribution in [3.63, 3.8) is 0 Å². The van der Waals surface area contributed by atoms with Gasteiger partial charge in [-0.25, -0.2) is 9.78 Å². The number of hydrogen-bond acceptors (Lipinski definition) is 3. The van der Waals surface area contributed by atoms with Gasteiger partial charge in [0.05, 0.1) is 11.9 Å². The number of aliphatic hydroxyl groups is 1. The summed E-state index contributed by atoms with van der Waals surface area (Å²) in [4.78, 5) is 16.0. The third-order valence-corrected chi connectivity index (χ3v) is 3.93. The zero-order valence-electron chi connectivity index (χ0n) is 12.9. The zero-order valence-corrected chi connectivity index (χ0v) is 13.7. The molecule has 1 atom stereocenters. The lowest BCUT2D eigenvalue weighted by Gasteiger charge is -2.17. The van der Waals surface area contributed by atoms with Gasteiger partial charge in [0.15, 0.2) is 0 Å². The minimum Gasteiger partial charge on any atom is -0.396 e. The lowest BCUT2D eigenvalue weighted by atomic mass is 9.96. The molecule has 0 bridgehead atoms. The van der Waals surface area contributed by atoms with Crippen molar-refractivity contribution in [2.45, 2.75) is 19.3 Å². The third-order valence-electron chi connectivity index (χ3n) is 3.53. The van der Waals surface area contributed by atoms with Crippen LogP contribution in [0, 0.1) is 6.92 Å². The molecule has 6 heteroatoms. The number of nitrogens with zero attached hydrogens (tertiary/aromatic N) is 1. The van der Waals surface area contributed by atoms with E-state index < -0.39 is 0 Å². The number of pyridine rings is 1. The van der Waals surface area contributed by atoms with Crippen LogP contribution >= 0.6 is 11.6 Å². The molecule has 0 saturated heterocycles. The molecule has 0 fully saturated rings. The summed E-state index contributed by atoms with van der Waals surface area (Å²) in [5, 5.41) is 15.2. The monoisotopic (exact) mass is 333 g/mol. The van der Waals surface area contributed by atoms with E-state index >= 15 is 0 Å². The molecule has 3 N–H and O–H groups in total. The predicted octanol–water partition coefficient (Wildman–Crippen LogP) is 3.33. The van der Waals surface area contributed by atoms with Gasteiger partial charge < -0.3 is 15.7 Å². The summed E-state index contributed by atoms with van der Waals surface area (Å²) in [5.41, 5.74) is 2.47. The van der Waals surface area contributed by atoms with E-state index in [0.717, 1.165) is 11.1 Å². The number of aryl methyl sites for hydroxylation is 1. The first-order valence-electron chi connectivity index (χ1n) is 7.43. The largest absolute Gasteiger partial charge is 0.396 e. The average molecular weight is 334 g/mol. The highest BCUT2D eigenvalue weighted by molar-refractivity contribution is 6.30. The maximum absolute atomic E-state index is 12.0. The van der Waals surface area contributed by atoms with Crippen molar-refractivity contribution >= 4 is 23.3 Å². The molecular formula is C17H20ClN3O2. The lowest BCUT2D eigenvalue weighted by Crippen LogP contribution is -2.32. The van der Waals surface area contributed by atoms with Crippen LogP contribution < -0.4 is 10.6 Å². The number of anilines is 1. The number of halogens is 1. The van der Waals surface area contributed by atoms with Crippen molar-refractivity contribution in [2.24, 2.45) is 0 Å². The smallest absolute Gasteiger partial charge is 0.319 e.